The second-order valence-corrected chi connectivity index (χ2v) is 7.21. The normalized spacial score (nSPS) is 10.6. The molecular weight excluding hydrogens is 411 g/mol. The Hall–Kier alpha value is -1.79. The maximum atomic E-state index is 6.25. The Morgan fingerprint density at radius 2 is 1.81 bits per heavy atom. The SMILES string of the molecule is S=C(NCc1ccccc1)Nc1nn(Cc2ccc(Cl)cc2Cl)cc1Cl. The van der Waals surface area contributed by atoms with E-state index in [1.54, 1.807) is 23.0 Å². The van der Waals surface area contributed by atoms with Gasteiger partial charge in [0.2, 0.25) is 0 Å². The van der Waals surface area contributed by atoms with Crippen LogP contribution in [0, 0.1) is 0 Å². The van der Waals surface area contributed by atoms with Crippen LogP contribution in [0.25, 0.3) is 0 Å². The Morgan fingerprint density at radius 3 is 2.54 bits per heavy atom. The first kappa shape index (κ1) is 19.0. The third-order valence-electron chi connectivity index (χ3n) is 3.59. The van der Waals surface area contributed by atoms with Crippen LogP contribution in [0.5, 0.6) is 0 Å². The lowest BCUT2D eigenvalue weighted by molar-refractivity contribution is 0.690. The summed E-state index contributed by atoms with van der Waals surface area (Å²) in [6.45, 7) is 1.09. The van der Waals surface area contributed by atoms with Crippen molar-refractivity contribution >= 4 is 58.0 Å². The van der Waals surface area contributed by atoms with E-state index in [0.29, 0.717) is 39.1 Å². The number of nitrogens with one attached hydrogen (secondary N) is 2. The average molecular weight is 426 g/mol. The van der Waals surface area contributed by atoms with Crippen LogP contribution in [0.15, 0.2) is 54.7 Å². The molecule has 0 unspecified atom stereocenters. The number of halogens is 3. The molecule has 0 aliphatic heterocycles. The summed E-state index contributed by atoms with van der Waals surface area (Å²) in [5.74, 6) is 0.488. The molecule has 0 radical (unpaired) electrons. The zero-order valence-corrected chi connectivity index (χ0v) is 16.6. The van der Waals surface area contributed by atoms with Gasteiger partial charge in [0.05, 0.1) is 6.54 Å². The number of benzene rings is 2. The standard InChI is InChI=1S/C18H15Cl3N4S/c19-14-7-6-13(15(20)8-14)10-25-11-16(21)17(24-25)23-18(26)22-9-12-4-2-1-3-5-12/h1-8,11H,9-10H2,(H2,22,23,24,26). The summed E-state index contributed by atoms with van der Waals surface area (Å²) in [7, 11) is 0. The molecular formula is C18H15Cl3N4S. The summed E-state index contributed by atoms with van der Waals surface area (Å²) in [5, 5.41) is 12.7. The number of aromatic nitrogens is 2. The maximum Gasteiger partial charge on any atom is 0.173 e. The second-order valence-electron chi connectivity index (χ2n) is 5.55. The van der Waals surface area contributed by atoms with E-state index in [2.05, 4.69) is 15.7 Å². The highest BCUT2D eigenvalue weighted by Gasteiger charge is 2.10. The highest BCUT2D eigenvalue weighted by atomic mass is 35.5. The van der Waals surface area contributed by atoms with Gasteiger partial charge in [-0.3, -0.25) is 4.68 Å². The van der Waals surface area contributed by atoms with Gasteiger partial charge in [-0.25, -0.2) is 0 Å². The molecule has 1 aromatic heterocycles. The molecule has 0 saturated heterocycles. The Kier molecular flexibility index (Phi) is 6.38. The second kappa shape index (κ2) is 8.73. The van der Waals surface area contributed by atoms with Crippen LogP contribution in [0.2, 0.25) is 15.1 Å². The number of hydrogen-bond donors (Lipinski definition) is 2. The molecule has 3 rings (SSSR count). The van der Waals surface area contributed by atoms with Crippen LogP contribution >= 0.6 is 47.0 Å². The summed E-state index contributed by atoms with van der Waals surface area (Å²) < 4.78 is 1.69. The summed E-state index contributed by atoms with van der Waals surface area (Å²) in [6, 6.07) is 15.3. The summed E-state index contributed by atoms with van der Waals surface area (Å²) in [4.78, 5) is 0. The highest BCUT2D eigenvalue weighted by Crippen LogP contribution is 2.24. The molecule has 3 aromatic rings. The molecule has 2 aromatic carbocycles. The average Bonchev–Trinajstić information content (AvgIpc) is 2.96. The summed E-state index contributed by atoms with van der Waals surface area (Å²) in [5.41, 5.74) is 2.03. The maximum absolute atomic E-state index is 6.25. The van der Waals surface area contributed by atoms with Crippen molar-refractivity contribution < 1.29 is 0 Å². The lowest BCUT2D eigenvalue weighted by Gasteiger charge is -2.09. The van der Waals surface area contributed by atoms with Gasteiger partial charge in [0.1, 0.15) is 5.02 Å². The Balaban J connectivity index is 1.61. The fraction of sp³-hybridized carbons (Fsp3) is 0.111. The minimum atomic E-state index is 0.450. The predicted molar refractivity (Wildman–Crippen MR) is 112 cm³/mol. The van der Waals surface area contributed by atoms with Gasteiger partial charge in [0.15, 0.2) is 10.9 Å². The Bertz CT molecular complexity index is 912. The first-order valence-corrected chi connectivity index (χ1v) is 9.31. The third-order valence-corrected chi connectivity index (χ3v) is 4.70. The van der Waals surface area contributed by atoms with Gasteiger partial charge >= 0.3 is 0 Å². The summed E-state index contributed by atoms with van der Waals surface area (Å²) in [6.07, 6.45) is 1.72. The van der Waals surface area contributed by atoms with E-state index >= 15 is 0 Å². The lowest BCUT2D eigenvalue weighted by Crippen LogP contribution is -2.28. The van der Waals surface area contributed by atoms with Crippen LogP contribution in [0.1, 0.15) is 11.1 Å². The van der Waals surface area contributed by atoms with Crippen molar-refractivity contribution in [3.05, 3.63) is 80.9 Å². The van der Waals surface area contributed by atoms with Crippen LogP contribution < -0.4 is 10.6 Å². The molecule has 0 aliphatic carbocycles. The van der Waals surface area contributed by atoms with Gasteiger partial charge < -0.3 is 10.6 Å². The van der Waals surface area contributed by atoms with Gasteiger partial charge in [-0.15, -0.1) is 0 Å². The Morgan fingerprint density at radius 1 is 1.04 bits per heavy atom. The smallest absolute Gasteiger partial charge is 0.173 e. The van der Waals surface area contributed by atoms with E-state index in [1.807, 2.05) is 36.4 Å². The molecule has 0 spiro atoms. The monoisotopic (exact) mass is 424 g/mol. The molecule has 0 bridgehead atoms. The van der Waals surface area contributed by atoms with Crippen LogP contribution in [-0.4, -0.2) is 14.9 Å². The van der Waals surface area contributed by atoms with E-state index in [4.69, 9.17) is 47.0 Å². The van der Waals surface area contributed by atoms with E-state index in [1.165, 1.54) is 0 Å². The van der Waals surface area contributed by atoms with Gasteiger partial charge in [-0.1, -0.05) is 71.2 Å². The van der Waals surface area contributed by atoms with Crippen molar-refractivity contribution in [2.45, 2.75) is 13.1 Å². The summed E-state index contributed by atoms with van der Waals surface area (Å²) >= 11 is 23.7. The van der Waals surface area contributed by atoms with Gasteiger partial charge in [0, 0.05) is 22.8 Å². The van der Waals surface area contributed by atoms with E-state index in [0.717, 1.165) is 11.1 Å². The van der Waals surface area contributed by atoms with Gasteiger partial charge in [0.25, 0.3) is 0 Å². The predicted octanol–water partition coefficient (Wildman–Crippen LogP) is 5.38. The van der Waals surface area contributed by atoms with Crippen LogP contribution in [0.4, 0.5) is 5.82 Å². The lowest BCUT2D eigenvalue weighted by atomic mass is 10.2. The number of rotatable bonds is 5. The molecule has 1 heterocycles. The van der Waals surface area contributed by atoms with Crippen molar-refractivity contribution in [2.24, 2.45) is 0 Å². The van der Waals surface area contributed by atoms with Crippen molar-refractivity contribution in [1.29, 1.82) is 0 Å². The quantitative estimate of drug-likeness (QED) is 0.539. The molecule has 2 N–H and O–H groups in total. The van der Waals surface area contributed by atoms with E-state index in [9.17, 15) is 0 Å². The molecule has 0 saturated carbocycles. The minimum Gasteiger partial charge on any atom is -0.358 e. The zero-order chi connectivity index (χ0) is 18.5. The third kappa shape index (κ3) is 5.11. The number of nitrogens with zero attached hydrogens (tertiary/aromatic N) is 2. The fourth-order valence-electron chi connectivity index (χ4n) is 2.32. The van der Waals surface area contributed by atoms with Gasteiger partial charge in [-0.2, -0.15) is 5.10 Å². The molecule has 0 aliphatic rings. The first-order valence-electron chi connectivity index (χ1n) is 7.77. The minimum absolute atomic E-state index is 0.450. The first-order chi connectivity index (χ1) is 12.5. The van der Waals surface area contributed by atoms with Gasteiger partial charge in [-0.05, 0) is 35.5 Å². The van der Waals surface area contributed by atoms with Crippen LogP contribution in [0.3, 0.4) is 0 Å². The molecule has 0 amide bonds. The van der Waals surface area contributed by atoms with Crippen LogP contribution in [-0.2, 0) is 13.1 Å². The van der Waals surface area contributed by atoms with Crippen molar-refractivity contribution in [2.75, 3.05) is 5.32 Å². The molecule has 0 atom stereocenters. The highest BCUT2D eigenvalue weighted by molar-refractivity contribution is 7.80. The molecule has 4 nitrogen and oxygen atoms in total. The number of hydrogen-bond acceptors (Lipinski definition) is 2. The molecule has 8 heteroatoms. The van der Waals surface area contributed by atoms with Crippen molar-refractivity contribution in [3.63, 3.8) is 0 Å². The fourth-order valence-corrected chi connectivity index (χ4v) is 3.15. The zero-order valence-electron chi connectivity index (χ0n) is 13.5. The van der Waals surface area contributed by atoms with Crippen molar-refractivity contribution in [3.8, 4) is 0 Å². The molecule has 134 valence electrons. The van der Waals surface area contributed by atoms with E-state index in [-0.39, 0.29) is 0 Å². The van der Waals surface area contributed by atoms with Crippen molar-refractivity contribution in [1.82, 2.24) is 15.1 Å². The topological polar surface area (TPSA) is 41.9 Å². The van der Waals surface area contributed by atoms with E-state index < -0.39 is 0 Å². The number of thiocarbonyl (C=S) groups is 1. The Labute approximate surface area is 172 Å². The molecule has 26 heavy (non-hydrogen) atoms. The number of anilines is 1. The molecule has 0 fully saturated rings. The largest absolute Gasteiger partial charge is 0.358 e.